The fraction of sp³-hybridized carbons (Fsp3) is 0.722. The molecule has 2 aliphatic heterocycles. The quantitative estimate of drug-likeness (QED) is 0.284. The van der Waals surface area contributed by atoms with Crippen LogP contribution in [0.15, 0.2) is 0 Å². The lowest BCUT2D eigenvalue weighted by atomic mass is 10.4. The van der Waals surface area contributed by atoms with Gasteiger partial charge in [-0.2, -0.15) is 0 Å². The first-order valence-corrected chi connectivity index (χ1v) is 9.54. The number of nitrogens with zero attached hydrogens (tertiary/aromatic N) is 2. The van der Waals surface area contributed by atoms with Crippen LogP contribution < -0.4 is 10.6 Å². The molecule has 0 saturated carbocycles. The maximum absolute atomic E-state index is 12.0. The van der Waals surface area contributed by atoms with Crippen LogP contribution in [0.5, 0.6) is 0 Å². The molecule has 28 heavy (non-hydrogen) atoms. The number of carbonyl (C=O) groups is 5. The largest absolute Gasteiger partial charge is 0.355 e. The minimum atomic E-state index is -0.782. The number of carbonyl (C=O) groups excluding carboxylic acids is 5. The number of hydrogen-bond donors (Lipinski definition) is 2. The third-order valence-corrected chi connectivity index (χ3v) is 4.70. The second kappa shape index (κ2) is 10.7. The second-order valence-corrected chi connectivity index (χ2v) is 6.80. The minimum absolute atomic E-state index is 0.00438. The summed E-state index contributed by atoms with van der Waals surface area (Å²) in [6.07, 6.45) is 2.74. The Bertz CT molecular complexity index is 628. The van der Waals surface area contributed by atoms with Crippen LogP contribution in [0.25, 0.3) is 0 Å². The van der Waals surface area contributed by atoms with E-state index in [0.717, 1.165) is 25.8 Å². The zero-order chi connectivity index (χ0) is 21.2. The van der Waals surface area contributed by atoms with Gasteiger partial charge in [0, 0.05) is 39.8 Å². The molecule has 0 bridgehead atoms. The van der Waals surface area contributed by atoms with E-state index >= 15 is 0 Å². The smallest absolute Gasteiger partial charge is 0.334 e. The molecule has 0 radical (unpaired) electrons. The summed E-state index contributed by atoms with van der Waals surface area (Å²) in [5, 5.41) is 5.69. The number of nitrogens with one attached hydrogen (secondary N) is 2. The predicted octanol–water partition coefficient (Wildman–Crippen LogP) is -0.519. The van der Waals surface area contributed by atoms with Crippen molar-refractivity contribution in [1.82, 2.24) is 20.6 Å². The van der Waals surface area contributed by atoms with E-state index in [0.29, 0.717) is 12.0 Å². The van der Waals surface area contributed by atoms with Gasteiger partial charge in [-0.15, -0.1) is 5.06 Å². The molecule has 2 saturated heterocycles. The Hall–Kier alpha value is -2.49. The van der Waals surface area contributed by atoms with Gasteiger partial charge in [0.15, 0.2) is 0 Å². The van der Waals surface area contributed by atoms with Gasteiger partial charge in [-0.1, -0.05) is 6.90 Å². The molecule has 156 valence electrons. The van der Waals surface area contributed by atoms with E-state index in [9.17, 15) is 24.0 Å². The number of hydroxylamine groups is 2. The molecule has 4 amide bonds. The SMILES string of the molecule is [2H][13CH2][13CH2][13CH]1[13CH2][13CH2][13CH2][15N]1[13CH2]C(=O)NCCC(=O)NCC[13C](=O)ON1C(=O)CCC1=O. The molecule has 2 N–H and O–H groups in total. The van der Waals surface area contributed by atoms with Crippen LogP contribution >= 0.6 is 0 Å². The summed E-state index contributed by atoms with van der Waals surface area (Å²) in [7, 11) is 0. The van der Waals surface area contributed by atoms with Crippen LogP contribution in [0.3, 0.4) is 0 Å². The van der Waals surface area contributed by atoms with E-state index in [1.54, 1.807) is 0 Å². The topological polar surface area (TPSA) is 125 Å². The Morgan fingerprint density at radius 2 is 1.79 bits per heavy atom. The van der Waals surface area contributed by atoms with Crippen LogP contribution in [-0.2, 0) is 28.8 Å². The molecule has 10 nitrogen and oxygen atoms in total. The normalized spacial score (nSPS) is 20.2. The number of likely N-dealkylation sites (tertiary alicyclic amines) is 1. The molecule has 1 atom stereocenters. The molecule has 2 rings (SSSR count). The first-order chi connectivity index (χ1) is 13.9. The van der Waals surface area contributed by atoms with Gasteiger partial charge in [0.2, 0.25) is 11.8 Å². The summed E-state index contributed by atoms with van der Waals surface area (Å²) >= 11 is 0. The average molecular weight is 406 g/mol. The molecule has 10 heteroatoms. The molecule has 0 aromatic heterocycles. The summed E-state index contributed by atoms with van der Waals surface area (Å²) in [6.45, 7) is 1.66. The molecular formula is C18H28N4O6. The summed E-state index contributed by atoms with van der Waals surface area (Å²) in [5.74, 6) is -2.38. The highest BCUT2D eigenvalue weighted by atomic mass is 16.8. The highest BCUT2D eigenvalue weighted by Gasteiger charge is 2.32. The fourth-order valence-corrected chi connectivity index (χ4v) is 3.18. The number of rotatable bonds is 10. The van der Waals surface area contributed by atoms with Crippen molar-refractivity contribution in [3.05, 3.63) is 0 Å². The highest BCUT2D eigenvalue weighted by molar-refractivity contribution is 6.01. The molecular weight excluding hydrogens is 377 g/mol. The van der Waals surface area contributed by atoms with E-state index in [4.69, 9.17) is 6.21 Å². The van der Waals surface area contributed by atoms with Crippen LogP contribution in [0.2, 0.25) is 0 Å². The van der Waals surface area contributed by atoms with E-state index < -0.39 is 17.8 Å². The lowest BCUT2D eigenvalue weighted by molar-refractivity contribution is -0.197. The van der Waals surface area contributed by atoms with Crippen LogP contribution in [0, 0.1) is 0 Å². The second-order valence-electron chi connectivity index (χ2n) is 6.80. The minimum Gasteiger partial charge on any atom is -0.355 e. The predicted molar refractivity (Wildman–Crippen MR) is 97.3 cm³/mol. The Morgan fingerprint density at radius 1 is 1.11 bits per heavy atom. The lowest BCUT2D eigenvalue weighted by Gasteiger charge is -2.22. The maximum atomic E-state index is 12.0. The zero-order valence-electron chi connectivity index (χ0n) is 16.9. The van der Waals surface area contributed by atoms with E-state index in [1.807, 2.05) is 0 Å². The van der Waals surface area contributed by atoms with Gasteiger partial charge in [0.25, 0.3) is 11.8 Å². The van der Waals surface area contributed by atoms with E-state index in [-0.39, 0.29) is 63.2 Å². The fourth-order valence-electron chi connectivity index (χ4n) is 3.18. The number of hydrogen-bond acceptors (Lipinski definition) is 7. The summed E-state index contributed by atoms with van der Waals surface area (Å²) in [6, 6.07) is 0.285. The van der Waals surface area contributed by atoms with Gasteiger partial charge < -0.3 is 15.5 Å². The molecule has 0 spiro atoms. The average Bonchev–Trinajstić information content (AvgIpc) is 3.23. The molecule has 0 aliphatic carbocycles. The van der Waals surface area contributed by atoms with Crippen molar-refractivity contribution >= 4 is 29.6 Å². The van der Waals surface area contributed by atoms with Crippen LogP contribution in [0.4, 0.5) is 0 Å². The van der Waals surface area contributed by atoms with Gasteiger partial charge in [-0.25, -0.2) is 4.79 Å². The summed E-state index contributed by atoms with van der Waals surface area (Å²) in [4.78, 5) is 64.9. The number of imide groups is 1. The van der Waals surface area contributed by atoms with Crippen molar-refractivity contribution in [1.29, 1.82) is 0 Å². The van der Waals surface area contributed by atoms with Crippen molar-refractivity contribution in [3.8, 4) is 0 Å². The van der Waals surface area contributed by atoms with Crippen molar-refractivity contribution in [2.24, 2.45) is 0 Å². The Kier molecular flexibility index (Phi) is 7.77. The Morgan fingerprint density at radius 3 is 2.50 bits per heavy atom. The first kappa shape index (κ1) is 20.2. The van der Waals surface area contributed by atoms with Crippen molar-refractivity contribution in [3.63, 3.8) is 0 Å². The monoisotopic (exact) mass is 406 g/mol. The van der Waals surface area contributed by atoms with Gasteiger partial charge in [0.1, 0.15) is 0 Å². The third kappa shape index (κ3) is 6.59. The molecule has 2 heterocycles. The summed E-state index contributed by atoms with van der Waals surface area (Å²) < 4.78 is 7.32. The maximum Gasteiger partial charge on any atom is 0.334 e. The summed E-state index contributed by atoms with van der Waals surface area (Å²) in [5.41, 5.74) is 0. The molecule has 1 unspecified atom stereocenters. The molecule has 0 aromatic rings. The third-order valence-electron chi connectivity index (χ3n) is 4.70. The van der Waals surface area contributed by atoms with Gasteiger partial charge >= 0.3 is 5.97 Å². The van der Waals surface area contributed by atoms with Gasteiger partial charge in [0.05, 0.1) is 13.0 Å². The molecule has 2 fully saturated rings. The standard InChI is InChI=1S/C18H28N4O6/c1-2-13-4-3-11-21(13)12-15(24)20-9-7-14(23)19-10-8-18(27)28-22-16(25)5-6-17(22)26/h13H,2-12H2,1H3,(H,19,23)(H,20,24)/i1+1D,2+1,3+1,4+1,11+1,12+1,13+1,18+1,21+1. The van der Waals surface area contributed by atoms with Gasteiger partial charge in [-0.05, 0) is 25.8 Å². The van der Waals surface area contributed by atoms with Crippen LogP contribution in [0.1, 0.15) is 53.2 Å². The Labute approximate surface area is 165 Å². The Balaban J connectivity index is 1.54. The first-order valence-electron chi connectivity index (χ1n) is 10.2. The van der Waals surface area contributed by atoms with E-state index in [2.05, 4.69) is 15.5 Å². The lowest BCUT2D eigenvalue weighted by Crippen LogP contribution is -2.40. The highest BCUT2D eigenvalue weighted by Crippen LogP contribution is 2.18. The van der Waals surface area contributed by atoms with Crippen molar-refractivity contribution in [2.45, 2.75) is 57.9 Å². The zero-order valence-corrected chi connectivity index (χ0v) is 15.9. The van der Waals surface area contributed by atoms with Crippen LogP contribution in [-0.4, -0.2) is 71.8 Å². The molecule has 0 aromatic carbocycles. The van der Waals surface area contributed by atoms with Crippen molar-refractivity contribution in [2.75, 3.05) is 26.2 Å². The van der Waals surface area contributed by atoms with Gasteiger partial charge in [-0.3, -0.25) is 24.1 Å². The van der Waals surface area contributed by atoms with E-state index in [1.165, 1.54) is 0 Å². The number of amides is 4. The van der Waals surface area contributed by atoms with Crippen molar-refractivity contribution < 1.29 is 30.2 Å². The molecule has 2 aliphatic rings.